The molecule has 12 heteroatoms. The van der Waals surface area contributed by atoms with E-state index in [1.807, 2.05) is 0 Å². The highest BCUT2D eigenvalue weighted by Gasteiger charge is 2.31. The van der Waals surface area contributed by atoms with Gasteiger partial charge in [-0.3, -0.25) is 4.72 Å². The standard InChI is InChI=1S/C19H14F3N5O3S/c1-12-23-24-18-10-9-17(25-27(12)18)13-3-2-4-14(11-13)26-31(28,29)16-7-5-15(6-8-16)30-19(20,21)22/h2-11,26H,1H3. The van der Waals surface area contributed by atoms with Crippen LogP contribution in [-0.2, 0) is 10.0 Å². The lowest BCUT2D eigenvalue weighted by atomic mass is 10.1. The zero-order valence-electron chi connectivity index (χ0n) is 15.8. The number of halogens is 3. The maximum Gasteiger partial charge on any atom is 0.573 e. The maximum absolute atomic E-state index is 12.6. The monoisotopic (exact) mass is 449 g/mol. The van der Waals surface area contributed by atoms with Gasteiger partial charge in [0.2, 0.25) is 0 Å². The smallest absolute Gasteiger partial charge is 0.406 e. The van der Waals surface area contributed by atoms with Crippen LogP contribution in [0.3, 0.4) is 0 Å². The van der Waals surface area contributed by atoms with Gasteiger partial charge >= 0.3 is 6.36 Å². The van der Waals surface area contributed by atoms with Gasteiger partial charge in [0.25, 0.3) is 10.0 Å². The van der Waals surface area contributed by atoms with Gasteiger partial charge in [0.05, 0.1) is 10.6 Å². The third kappa shape index (κ3) is 4.58. The number of alkyl halides is 3. The molecule has 0 bridgehead atoms. The number of aryl methyl sites for hydroxylation is 1. The zero-order chi connectivity index (χ0) is 22.2. The predicted octanol–water partition coefficient (Wildman–Crippen LogP) is 3.80. The van der Waals surface area contributed by atoms with Gasteiger partial charge in [-0.15, -0.1) is 23.4 Å². The van der Waals surface area contributed by atoms with Crippen molar-refractivity contribution in [3.63, 3.8) is 0 Å². The van der Waals surface area contributed by atoms with Crippen LogP contribution in [-0.4, -0.2) is 34.6 Å². The van der Waals surface area contributed by atoms with E-state index in [1.54, 1.807) is 47.8 Å². The quantitative estimate of drug-likeness (QED) is 0.498. The SMILES string of the molecule is Cc1nnc2ccc(-c3cccc(NS(=O)(=O)c4ccc(OC(F)(F)F)cc4)c3)nn12. The Labute approximate surface area is 174 Å². The van der Waals surface area contributed by atoms with E-state index in [1.165, 1.54) is 0 Å². The van der Waals surface area contributed by atoms with Gasteiger partial charge < -0.3 is 4.74 Å². The van der Waals surface area contributed by atoms with Gasteiger partial charge in [0.15, 0.2) is 11.5 Å². The highest BCUT2D eigenvalue weighted by Crippen LogP contribution is 2.26. The molecular formula is C19H14F3N5O3S. The summed E-state index contributed by atoms with van der Waals surface area (Å²) in [6.45, 7) is 1.76. The molecule has 2 heterocycles. The van der Waals surface area contributed by atoms with E-state index in [-0.39, 0.29) is 10.6 Å². The average Bonchev–Trinajstić information content (AvgIpc) is 3.07. The van der Waals surface area contributed by atoms with Crippen LogP contribution < -0.4 is 9.46 Å². The van der Waals surface area contributed by atoms with Crippen molar-refractivity contribution < 1.29 is 26.3 Å². The largest absolute Gasteiger partial charge is 0.573 e. The second-order valence-corrected chi connectivity index (χ2v) is 8.12. The Hall–Kier alpha value is -3.67. The Morgan fingerprint density at radius 2 is 1.74 bits per heavy atom. The van der Waals surface area contributed by atoms with Crippen molar-refractivity contribution in [2.45, 2.75) is 18.2 Å². The summed E-state index contributed by atoms with van der Waals surface area (Å²) in [5.74, 6) is 0.0888. The molecule has 0 atom stereocenters. The van der Waals surface area contributed by atoms with Gasteiger partial charge in [-0.1, -0.05) is 12.1 Å². The van der Waals surface area contributed by atoms with Gasteiger partial charge in [-0.05, 0) is 55.5 Å². The zero-order valence-corrected chi connectivity index (χ0v) is 16.6. The van der Waals surface area contributed by atoms with Gasteiger partial charge in [-0.2, -0.15) is 9.61 Å². The number of benzene rings is 2. The molecule has 8 nitrogen and oxygen atoms in total. The van der Waals surface area contributed by atoms with Crippen LogP contribution >= 0.6 is 0 Å². The summed E-state index contributed by atoms with van der Waals surface area (Å²) < 4.78 is 69.8. The highest BCUT2D eigenvalue weighted by molar-refractivity contribution is 7.92. The highest BCUT2D eigenvalue weighted by atomic mass is 32.2. The van der Waals surface area contributed by atoms with Crippen LogP contribution in [0.1, 0.15) is 5.82 Å². The van der Waals surface area contributed by atoms with Crippen LogP contribution in [0.5, 0.6) is 5.75 Å². The summed E-state index contributed by atoms with van der Waals surface area (Å²) >= 11 is 0. The summed E-state index contributed by atoms with van der Waals surface area (Å²) in [6, 6.07) is 13.9. The number of aromatic nitrogens is 4. The summed E-state index contributed by atoms with van der Waals surface area (Å²) in [5.41, 5.74) is 2.06. The minimum atomic E-state index is -4.86. The lowest BCUT2D eigenvalue weighted by Gasteiger charge is -2.11. The number of sulfonamides is 1. The molecular weight excluding hydrogens is 435 g/mol. The number of ether oxygens (including phenoxy) is 1. The van der Waals surface area contributed by atoms with Crippen LogP contribution in [0.25, 0.3) is 16.9 Å². The molecule has 1 N–H and O–H groups in total. The van der Waals surface area contributed by atoms with E-state index in [9.17, 15) is 21.6 Å². The molecule has 0 saturated carbocycles. The Kier molecular flexibility index (Phi) is 5.01. The lowest BCUT2D eigenvalue weighted by Crippen LogP contribution is -2.17. The van der Waals surface area contributed by atoms with Gasteiger partial charge in [-0.25, -0.2) is 8.42 Å². The summed E-state index contributed by atoms with van der Waals surface area (Å²) in [6.07, 6.45) is -4.86. The van der Waals surface area contributed by atoms with E-state index in [0.29, 0.717) is 22.7 Å². The fourth-order valence-corrected chi connectivity index (χ4v) is 3.88. The first-order chi connectivity index (χ1) is 14.6. The fourth-order valence-electron chi connectivity index (χ4n) is 2.83. The number of nitrogens with zero attached hydrogens (tertiary/aromatic N) is 4. The third-order valence-corrected chi connectivity index (χ3v) is 5.59. The van der Waals surface area contributed by atoms with E-state index in [2.05, 4.69) is 24.8 Å². The number of hydrogen-bond acceptors (Lipinski definition) is 6. The molecule has 0 fully saturated rings. The van der Waals surface area contributed by atoms with Crippen LogP contribution in [0.2, 0.25) is 0 Å². The van der Waals surface area contributed by atoms with E-state index < -0.39 is 22.1 Å². The van der Waals surface area contributed by atoms with Crippen molar-refractivity contribution in [2.24, 2.45) is 0 Å². The Bertz CT molecular complexity index is 1350. The molecule has 0 unspecified atom stereocenters. The number of hydrogen-bond donors (Lipinski definition) is 1. The van der Waals surface area contributed by atoms with E-state index >= 15 is 0 Å². The summed E-state index contributed by atoms with van der Waals surface area (Å²) in [4.78, 5) is -0.216. The molecule has 4 rings (SSSR count). The van der Waals surface area contributed by atoms with Crippen LogP contribution in [0, 0.1) is 6.92 Å². The number of rotatable bonds is 5. The summed E-state index contributed by atoms with van der Waals surface area (Å²) in [5, 5.41) is 12.4. The molecule has 0 aliphatic rings. The second-order valence-electron chi connectivity index (χ2n) is 6.44. The third-order valence-electron chi connectivity index (χ3n) is 4.20. The molecule has 2 aromatic heterocycles. The van der Waals surface area contributed by atoms with Crippen LogP contribution in [0.15, 0.2) is 65.6 Å². The van der Waals surface area contributed by atoms with Crippen molar-refractivity contribution in [3.8, 4) is 17.0 Å². The molecule has 31 heavy (non-hydrogen) atoms. The fraction of sp³-hybridized carbons (Fsp3) is 0.105. The first-order valence-corrected chi connectivity index (χ1v) is 10.3. The molecule has 0 aliphatic heterocycles. The van der Waals surface area contributed by atoms with Crippen molar-refractivity contribution in [1.82, 2.24) is 19.8 Å². The molecule has 0 aliphatic carbocycles. The van der Waals surface area contributed by atoms with Crippen molar-refractivity contribution in [3.05, 3.63) is 66.5 Å². The predicted molar refractivity (Wildman–Crippen MR) is 105 cm³/mol. The first-order valence-electron chi connectivity index (χ1n) is 8.79. The van der Waals surface area contributed by atoms with E-state index in [0.717, 1.165) is 24.3 Å². The summed E-state index contributed by atoms with van der Waals surface area (Å²) in [7, 11) is -4.04. The maximum atomic E-state index is 12.6. The Balaban J connectivity index is 1.58. The Morgan fingerprint density at radius 3 is 2.45 bits per heavy atom. The molecule has 0 radical (unpaired) electrons. The van der Waals surface area contributed by atoms with Crippen molar-refractivity contribution >= 4 is 21.4 Å². The van der Waals surface area contributed by atoms with E-state index in [4.69, 9.17) is 0 Å². The topological polar surface area (TPSA) is 98.5 Å². The normalized spacial score (nSPS) is 12.1. The van der Waals surface area contributed by atoms with Crippen molar-refractivity contribution in [2.75, 3.05) is 4.72 Å². The first kappa shape index (κ1) is 20.6. The number of anilines is 1. The second kappa shape index (κ2) is 7.54. The molecule has 0 saturated heterocycles. The van der Waals surface area contributed by atoms with Gasteiger partial charge in [0.1, 0.15) is 5.75 Å². The average molecular weight is 449 g/mol. The molecule has 4 aromatic rings. The minimum absolute atomic E-state index is 0.216. The molecule has 160 valence electrons. The molecule has 0 spiro atoms. The number of fused-ring (bicyclic) bond motifs is 1. The van der Waals surface area contributed by atoms with Crippen LogP contribution in [0.4, 0.5) is 18.9 Å². The lowest BCUT2D eigenvalue weighted by molar-refractivity contribution is -0.274. The van der Waals surface area contributed by atoms with Gasteiger partial charge in [0, 0.05) is 11.3 Å². The molecule has 2 aromatic carbocycles. The van der Waals surface area contributed by atoms with Crippen molar-refractivity contribution in [1.29, 1.82) is 0 Å². The minimum Gasteiger partial charge on any atom is -0.406 e. The Morgan fingerprint density at radius 1 is 1.00 bits per heavy atom. The molecule has 0 amide bonds. The number of nitrogens with one attached hydrogen (secondary N) is 1.